The zero-order chi connectivity index (χ0) is 10.1. The second-order valence-electron chi connectivity index (χ2n) is 3.70. The second kappa shape index (κ2) is 3.58. The van der Waals surface area contributed by atoms with Crippen molar-refractivity contribution in [3.05, 3.63) is 29.1 Å². The van der Waals surface area contributed by atoms with Crippen LogP contribution in [0.5, 0.6) is 5.75 Å². The van der Waals surface area contributed by atoms with E-state index in [2.05, 4.69) is 0 Å². The van der Waals surface area contributed by atoms with Crippen LogP contribution in [0, 0.1) is 12.7 Å². The van der Waals surface area contributed by atoms with Gasteiger partial charge in [0.2, 0.25) is 0 Å². The van der Waals surface area contributed by atoms with E-state index in [1.807, 2.05) is 6.92 Å². The summed E-state index contributed by atoms with van der Waals surface area (Å²) >= 11 is 0. The first kappa shape index (κ1) is 9.46. The molecular formula is C11H14FNO. The molecule has 0 spiro atoms. The lowest BCUT2D eigenvalue weighted by atomic mass is 10.00. The minimum Gasteiger partial charge on any atom is -0.493 e. The van der Waals surface area contributed by atoms with Crippen LogP contribution in [0.3, 0.4) is 0 Å². The van der Waals surface area contributed by atoms with Crippen LogP contribution < -0.4 is 10.5 Å². The maximum absolute atomic E-state index is 13.5. The zero-order valence-electron chi connectivity index (χ0n) is 8.22. The summed E-state index contributed by atoms with van der Waals surface area (Å²) in [6.45, 7) is 2.54. The Labute approximate surface area is 82.9 Å². The summed E-state index contributed by atoms with van der Waals surface area (Å²) in [5.41, 5.74) is 7.40. The molecule has 1 aliphatic rings. The molecule has 0 amide bonds. The monoisotopic (exact) mass is 195 g/mol. The molecule has 0 aliphatic carbocycles. The van der Waals surface area contributed by atoms with Crippen LogP contribution in [0.15, 0.2) is 12.1 Å². The van der Waals surface area contributed by atoms with Crippen molar-refractivity contribution in [3.8, 4) is 5.75 Å². The van der Waals surface area contributed by atoms with Gasteiger partial charge < -0.3 is 10.5 Å². The van der Waals surface area contributed by atoms with Crippen molar-refractivity contribution in [2.75, 3.05) is 6.61 Å². The van der Waals surface area contributed by atoms with E-state index in [4.69, 9.17) is 10.5 Å². The predicted molar refractivity (Wildman–Crippen MR) is 52.8 cm³/mol. The fraction of sp³-hybridized carbons (Fsp3) is 0.455. The number of fused-ring (bicyclic) bond motifs is 1. The third-order valence-electron chi connectivity index (χ3n) is 2.62. The molecule has 3 heteroatoms. The summed E-state index contributed by atoms with van der Waals surface area (Å²) in [7, 11) is 0. The molecule has 1 atom stereocenters. The summed E-state index contributed by atoms with van der Waals surface area (Å²) in [5.74, 6) is 0.398. The number of nitrogens with two attached hydrogens (primary N) is 1. The van der Waals surface area contributed by atoms with Gasteiger partial charge in [-0.3, -0.25) is 0 Å². The number of aryl methyl sites for hydroxylation is 1. The lowest BCUT2D eigenvalue weighted by molar-refractivity contribution is 0.313. The topological polar surface area (TPSA) is 35.2 Å². The van der Waals surface area contributed by atoms with E-state index in [1.54, 1.807) is 6.07 Å². The quantitative estimate of drug-likeness (QED) is 0.689. The van der Waals surface area contributed by atoms with Gasteiger partial charge in [0.25, 0.3) is 0 Å². The minimum absolute atomic E-state index is 0.229. The Kier molecular flexibility index (Phi) is 2.42. The van der Waals surface area contributed by atoms with Crippen molar-refractivity contribution in [3.63, 3.8) is 0 Å². The van der Waals surface area contributed by atoms with Crippen LogP contribution in [0.4, 0.5) is 4.39 Å². The van der Waals surface area contributed by atoms with Gasteiger partial charge in [-0.1, -0.05) is 6.07 Å². The van der Waals surface area contributed by atoms with Crippen molar-refractivity contribution >= 4 is 0 Å². The number of benzene rings is 1. The molecule has 0 saturated carbocycles. The van der Waals surface area contributed by atoms with Crippen LogP contribution >= 0.6 is 0 Å². The molecule has 0 aromatic heterocycles. The van der Waals surface area contributed by atoms with Crippen molar-refractivity contribution in [1.29, 1.82) is 0 Å². The molecule has 14 heavy (non-hydrogen) atoms. The molecule has 0 saturated heterocycles. The number of rotatable bonds is 0. The fourth-order valence-electron chi connectivity index (χ4n) is 1.84. The van der Waals surface area contributed by atoms with Crippen LogP contribution in [0.2, 0.25) is 0 Å². The Hall–Kier alpha value is -1.09. The first-order chi connectivity index (χ1) is 6.70. The van der Waals surface area contributed by atoms with Crippen molar-refractivity contribution in [2.45, 2.75) is 25.8 Å². The van der Waals surface area contributed by atoms with E-state index < -0.39 is 0 Å². The molecule has 1 aromatic carbocycles. The molecule has 0 fully saturated rings. The lowest BCUT2D eigenvalue weighted by Gasteiger charge is -2.14. The second-order valence-corrected chi connectivity index (χ2v) is 3.70. The Morgan fingerprint density at radius 1 is 1.50 bits per heavy atom. The highest BCUT2D eigenvalue weighted by molar-refractivity contribution is 5.44. The molecule has 2 rings (SSSR count). The molecule has 0 radical (unpaired) electrons. The standard InChI is InChI=1S/C11H14FNO/c1-7-4-5-8(12)10-9(13)3-2-6-14-11(7)10/h4-5,9H,2-3,6,13H2,1H3/t9-/m1/s1. The number of halogens is 1. The minimum atomic E-state index is -0.250. The Balaban J connectivity index is 2.57. The molecular weight excluding hydrogens is 181 g/mol. The summed E-state index contributed by atoms with van der Waals surface area (Å²) < 4.78 is 19.0. The third kappa shape index (κ3) is 1.48. The van der Waals surface area contributed by atoms with Gasteiger partial charge >= 0.3 is 0 Å². The molecule has 0 unspecified atom stereocenters. The highest BCUT2D eigenvalue weighted by Gasteiger charge is 2.21. The highest BCUT2D eigenvalue weighted by atomic mass is 19.1. The van der Waals surface area contributed by atoms with Crippen molar-refractivity contribution in [1.82, 2.24) is 0 Å². The van der Waals surface area contributed by atoms with Crippen LogP contribution in [-0.4, -0.2) is 6.61 Å². The fourth-order valence-corrected chi connectivity index (χ4v) is 1.84. The first-order valence-electron chi connectivity index (χ1n) is 4.87. The highest BCUT2D eigenvalue weighted by Crippen LogP contribution is 2.34. The van der Waals surface area contributed by atoms with Crippen molar-refractivity contribution < 1.29 is 9.13 Å². The lowest BCUT2D eigenvalue weighted by Crippen LogP contribution is -2.11. The van der Waals surface area contributed by atoms with Gasteiger partial charge in [0.1, 0.15) is 11.6 Å². The van der Waals surface area contributed by atoms with E-state index in [9.17, 15) is 4.39 Å². The van der Waals surface area contributed by atoms with E-state index in [-0.39, 0.29) is 11.9 Å². The van der Waals surface area contributed by atoms with Gasteiger partial charge in [-0.25, -0.2) is 4.39 Å². The smallest absolute Gasteiger partial charge is 0.131 e. The summed E-state index contributed by atoms with van der Waals surface area (Å²) in [6, 6.07) is 2.96. The van der Waals surface area contributed by atoms with Crippen molar-refractivity contribution in [2.24, 2.45) is 5.73 Å². The number of hydrogen-bond acceptors (Lipinski definition) is 2. The molecule has 0 bridgehead atoms. The van der Waals surface area contributed by atoms with E-state index in [0.29, 0.717) is 17.9 Å². The summed E-state index contributed by atoms with van der Waals surface area (Å²) in [4.78, 5) is 0. The zero-order valence-corrected chi connectivity index (χ0v) is 8.22. The SMILES string of the molecule is Cc1ccc(F)c2c1OCCC[C@H]2N. The summed E-state index contributed by atoms with van der Waals surface area (Å²) in [6.07, 6.45) is 1.67. The van der Waals surface area contributed by atoms with E-state index in [1.165, 1.54) is 6.07 Å². The van der Waals surface area contributed by atoms with Gasteiger partial charge in [0, 0.05) is 11.6 Å². The normalized spacial score (nSPS) is 20.9. The van der Waals surface area contributed by atoms with Gasteiger partial charge in [-0.2, -0.15) is 0 Å². The van der Waals surface area contributed by atoms with Crippen LogP contribution in [-0.2, 0) is 0 Å². The predicted octanol–water partition coefficient (Wildman–Crippen LogP) is 2.31. The van der Waals surface area contributed by atoms with Gasteiger partial charge in [0.05, 0.1) is 6.61 Å². The van der Waals surface area contributed by atoms with Gasteiger partial charge in [-0.15, -0.1) is 0 Å². The van der Waals surface area contributed by atoms with Crippen LogP contribution in [0.1, 0.15) is 30.0 Å². The molecule has 2 N–H and O–H groups in total. The molecule has 2 nitrogen and oxygen atoms in total. The first-order valence-corrected chi connectivity index (χ1v) is 4.87. The number of ether oxygens (including phenoxy) is 1. The molecule has 1 heterocycles. The van der Waals surface area contributed by atoms with Gasteiger partial charge in [0.15, 0.2) is 0 Å². The third-order valence-corrected chi connectivity index (χ3v) is 2.62. The molecule has 1 aromatic rings. The Bertz CT molecular complexity index is 351. The molecule has 1 aliphatic heterocycles. The van der Waals surface area contributed by atoms with E-state index in [0.717, 1.165) is 18.4 Å². The molecule has 76 valence electrons. The average molecular weight is 195 g/mol. The maximum Gasteiger partial charge on any atom is 0.131 e. The van der Waals surface area contributed by atoms with E-state index >= 15 is 0 Å². The summed E-state index contributed by atoms with van der Waals surface area (Å²) in [5, 5.41) is 0. The van der Waals surface area contributed by atoms with Gasteiger partial charge in [-0.05, 0) is 31.4 Å². The Morgan fingerprint density at radius 2 is 2.29 bits per heavy atom. The largest absolute Gasteiger partial charge is 0.493 e. The number of hydrogen-bond donors (Lipinski definition) is 1. The van der Waals surface area contributed by atoms with Crippen LogP contribution in [0.25, 0.3) is 0 Å². The Morgan fingerprint density at radius 3 is 3.07 bits per heavy atom. The maximum atomic E-state index is 13.5. The average Bonchev–Trinajstić information content (AvgIpc) is 2.35.